The highest BCUT2D eigenvalue weighted by Gasteiger charge is 2.22. The van der Waals surface area contributed by atoms with Crippen LogP contribution in [0, 0.1) is 0 Å². The van der Waals surface area contributed by atoms with Crippen molar-refractivity contribution < 1.29 is 4.74 Å². The lowest BCUT2D eigenvalue weighted by atomic mass is 10.1. The van der Waals surface area contributed by atoms with Crippen molar-refractivity contribution >= 4 is 23.4 Å². The minimum Gasteiger partial charge on any atom is -0.489 e. The van der Waals surface area contributed by atoms with E-state index in [2.05, 4.69) is 19.1 Å². The van der Waals surface area contributed by atoms with E-state index in [4.69, 9.17) is 16.3 Å². The van der Waals surface area contributed by atoms with Crippen molar-refractivity contribution in [3.05, 3.63) is 29.8 Å². The fourth-order valence-electron chi connectivity index (χ4n) is 1.66. The lowest BCUT2D eigenvalue weighted by Crippen LogP contribution is -2.18. The third-order valence-electron chi connectivity index (χ3n) is 2.50. The highest BCUT2D eigenvalue weighted by Crippen LogP contribution is 2.30. The van der Waals surface area contributed by atoms with Crippen LogP contribution in [0.4, 0.5) is 0 Å². The Bertz CT molecular complexity index is 304. The third-order valence-corrected chi connectivity index (χ3v) is 4.44. The summed E-state index contributed by atoms with van der Waals surface area (Å²) in [5, 5.41) is 0.513. The molecule has 0 N–H and O–H groups in total. The summed E-state index contributed by atoms with van der Waals surface area (Å²) in [5.41, 5.74) is 1.33. The maximum atomic E-state index is 5.84. The van der Waals surface area contributed by atoms with Gasteiger partial charge in [-0.05, 0) is 11.6 Å². The molecule has 1 aromatic carbocycles. The zero-order valence-electron chi connectivity index (χ0n) is 8.78. The number of benzene rings is 1. The Morgan fingerprint density at radius 3 is 3.07 bits per heavy atom. The van der Waals surface area contributed by atoms with E-state index in [0.29, 0.717) is 17.2 Å². The minimum absolute atomic E-state index is 0.332. The molecule has 0 amide bonds. The van der Waals surface area contributed by atoms with Crippen molar-refractivity contribution in [1.82, 2.24) is 0 Å². The number of para-hydroxylation sites is 1. The van der Waals surface area contributed by atoms with Crippen LogP contribution in [-0.4, -0.2) is 23.0 Å². The summed E-state index contributed by atoms with van der Waals surface area (Å²) >= 11 is 7.65. The van der Waals surface area contributed by atoms with E-state index >= 15 is 0 Å². The molecule has 1 heterocycles. The molecule has 0 spiro atoms. The van der Waals surface area contributed by atoms with Gasteiger partial charge in [0.05, 0.1) is 0 Å². The smallest absolute Gasteiger partial charge is 0.123 e. The second-order valence-corrected chi connectivity index (χ2v) is 5.63. The Morgan fingerprint density at radius 1 is 1.53 bits per heavy atom. The van der Waals surface area contributed by atoms with Crippen molar-refractivity contribution in [2.45, 2.75) is 24.7 Å². The van der Waals surface area contributed by atoms with Gasteiger partial charge >= 0.3 is 0 Å². The van der Waals surface area contributed by atoms with Gasteiger partial charge in [0.15, 0.2) is 0 Å². The lowest BCUT2D eigenvalue weighted by Gasteiger charge is -2.12. The first-order valence-corrected chi connectivity index (χ1v) is 6.80. The minimum atomic E-state index is 0.332. The molecule has 15 heavy (non-hydrogen) atoms. The first kappa shape index (κ1) is 11.2. The highest BCUT2D eigenvalue weighted by molar-refractivity contribution is 8.00. The van der Waals surface area contributed by atoms with E-state index in [-0.39, 0.29) is 0 Å². The molecule has 0 saturated carbocycles. The molecule has 2 rings (SSSR count). The molecule has 0 bridgehead atoms. The van der Waals surface area contributed by atoms with Crippen molar-refractivity contribution in [3.8, 4) is 5.75 Å². The molecule has 2 atom stereocenters. The molecule has 1 aromatic rings. The van der Waals surface area contributed by atoms with Gasteiger partial charge in [-0.15, -0.1) is 11.6 Å². The van der Waals surface area contributed by atoms with Crippen LogP contribution >= 0.6 is 23.4 Å². The van der Waals surface area contributed by atoms with E-state index in [0.717, 1.165) is 17.9 Å². The van der Waals surface area contributed by atoms with E-state index < -0.39 is 0 Å². The SMILES string of the molecule is CC(CCl)SCC1Cc2ccccc2O1. The topological polar surface area (TPSA) is 9.23 Å². The first-order chi connectivity index (χ1) is 7.29. The second kappa shape index (κ2) is 5.13. The van der Waals surface area contributed by atoms with Crippen LogP contribution in [0.2, 0.25) is 0 Å². The number of thioether (sulfide) groups is 1. The molecule has 3 heteroatoms. The van der Waals surface area contributed by atoms with E-state index in [1.54, 1.807) is 0 Å². The van der Waals surface area contributed by atoms with Crippen molar-refractivity contribution in [2.75, 3.05) is 11.6 Å². The van der Waals surface area contributed by atoms with Crippen LogP contribution in [-0.2, 0) is 6.42 Å². The predicted molar refractivity (Wildman–Crippen MR) is 67.2 cm³/mol. The van der Waals surface area contributed by atoms with E-state index in [1.165, 1.54) is 5.56 Å². The number of hydrogen-bond acceptors (Lipinski definition) is 2. The fourth-order valence-corrected chi connectivity index (χ4v) is 2.75. The molecule has 0 radical (unpaired) electrons. The van der Waals surface area contributed by atoms with Crippen LogP contribution in [0.25, 0.3) is 0 Å². The summed E-state index contributed by atoms with van der Waals surface area (Å²) < 4.78 is 5.84. The highest BCUT2D eigenvalue weighted by atomic mass is 35.5. The first-order valence-electron chi connectivity index (χ1n) is 5.21. The molecule has 1 aliphatic rings. The summed E-state index contributed by atoms with van der Waals surface area (Å²) in [4.78, 5) is 0. The average molecular weight is 243 g/mol. The van der Waals surface area contributed by atoms with E-state index in [1.807, 2.05) is 23.9 Å². The molecule has 1 nitrogen and oxygen atoms in total. The van der Waals surface area contributed by atoms with Gasteiger partial charge in [-0.25, -0.2) is 0 Å². The third kappa shape index (κ3) is 2.82. The molecule has 0 saturated heterocycles. The maximum absolute atomic E-state index is 5.84. The van der Waals surface area contributed by atoms with Crippen LogP contribution < -0.4 is 4.74 Å². The number of ether oxygens (including phenoxy) is 1. The van der Waals surface area contributed by atoms with Gasteiger partial charge in [0.25, 0.3) is 0 Å². The standard InChI is InChI=1S/C12H15ClOS/c1-9(7-13)15-8-11-6-10-4-2-3-5-12(10)14-11/h2-5,9,11H,6-8H2,1H3. The molecule has 0 aromatic heterocycles. The van der Waals surface area contributed by atoms with Gasteiger partial charge in [-0.2, -0.15) is 11.8 Å². The Hall–Kier alpha value is -0.340. The Kier molecular flexibility index (Phi) is 3.81. The Balaban J connectivity index is 1.85. The number of halogens is 1. The second-order valence-electron chi connectivity index (χ2n) is 3.85. The van der Waals surface area contributed by atoms with Gasteiger partial charge < -0.3 is 4.74 Å². The monoisotopic (exact) mass is 242 g/mol. The predicted octanol–water partition coefficient (Wildman–Crippen LogP) is 3.35. The number of rotatable bonds is 4. The van der Waals surface area contributed by atoms with Crippen LogP contribution in [0.5, 0.6) is 5.75 Å². The lowest BCUT2D eigenvalue weighted by molar-refractivity contribution is 0.259. The van der Waals surface area contributed by atoms with Crippen LogP contribution in [0.15, 0.2) is 24.3 Å². The molecule has 0 fully saturated rings. The molecule has 2 unspecified atom stereocenters. The number of alkyl halides is 1. The molecule has 82 valence electrons. The number of fused-ring (bicyclic) bond motifs is 1. The molecule has 1 aliphatic heterocycles. The Morgan fingerprint density at radius 2 is 2.33 bits per heavy atom. The maximum Gasteiger partial charge on any atom is 0.123 e. The largest absolute Gasteiger partial charge is 0.489 e. The summed E-state index contributed by atoms with van der Waals surface area (Å²) in [6, 6.07) is 8.28. The zero-order chi connectivity index (χ0) is 10.7. The van der Waals surface area contributed by atoms with Gasteiger partial charge in [-0.3, -0.25) is 0 Å². The summed E-state index contributed by atoms with van der Waals surface area (Å²) in [6.45, 7) is 2.15. The molecule has 0 aliphatic carbocycles. The quantitative estimate of drug-likeness (QED) is 0.749. The fraction of sp³-hybridized carbons (Fsp3) is 0.500. The summed E-state index contributed by atoms with van der Waals surface area (Å²) in [5.74, 6) is 2.80. The summed E-state index contributed by atoms with van der Waals surface area (Å²) in [6.07, 6.45) is 1.37. The van der Waals surface area contributed by atoms with Gasteiger partial charge in [0.1, 0.15) is 11.9 Å². The molecular weight excluding hydrogens is 228 g/mol. The summed E-state index contributed by atoms with van der Waals surface area (Å²) in [7, 11) is 0. The number of hydrogen-bond donors (Lipinski definition) is 0. The van der Waals surface area contributed by atoms with Gasteiger partial charge in [0, 0.05) is 23.3 Å². The van der Waals surface area contributed by atoms with Crippen LogP contribution in [0.3, 0.4) is 0 Å². The average Bonchev–Trinajstić information content (AvgIpc) is 2.68. The van der Waals surface area contributed by atoms with E-state index in [9.17, 15) is 0 Å². The van der Waals surface area contributed by atoms with Gasteiger partial charge in [-0.1, -0.05) is 25.1 Å². The normalized spacial score (nSPS) is 20.8. The van der Waals surface area contributed by atoms with Gasteiger partial charge in [0.2, 0.25) is 0 Å². The van der Waals surface area contributed by atoms with Crippen molar-refractivity contribution in [3.63, 3.8) is 0 Å². The molecular formula is C12H15ClOS. The zero-order valence-corrected chi connectivity index (χ0v) is 10.4. The van der Waals surface area contributed by atoms with Crippen LogP contribution in [0.1, 0.15) is 12.5 Å². The van der Waals surface area contributed by atoms with Crippen molar-refractivity contribution in [2.24, 2.45) is 0 Å². The Labute approximate surface area is 100 Å². The van der Waals surface area contributed by atoms with Crippen molar-refractivity contribution in [1.29, 1.82) is 0 Å².